The molecule has 0 atom stereocenters. The monoisotopic (exact) mass is 353 g/mol. The van der Waals surface area contributed by atoms with Crippen LogP contribution in [0.2, 0.25) is 0 Å². The summed E-state index contributed by atoms with van der Waals surface area (Å²) in [5.41, 5.74) is 2.68. The van der Waals surface area contributed by atoms with Crippen molar-refractivity contribution in [3.05, 3.63) is 54.3 Å². The van der Waals surface area contributed by atoms with E-state index in [2.05, 4.69) is 25.5 Å². The van der Waals surface area contributed by atoms with Crippen molar-refractivity contribution in [1.29, 1.82) is 0 Å². The summed E-state index contributed by atoms with van der Waals surface area (Å²) in [5, 5.41) is 12.2. The molecule has 2 N–H and O–H groups in total. The maximum absolute atomic E-state index is 13.1. The normalized spacial score (nSPS) is 11.1. The van der Waals surface area contributed by atoms with E-state index in [9.17, 15) is 9.18 Å². The number of carbonyl (C=O) groups is 1. The molecule has 0 saturated heterocycles. The number of para-hydroxylation sites is 1. The van der Waals surface area contributed by atoms with Crippen LogP contribution in [0.5, 0.6) is 0 Å². The second-order valence-corrected chi connectivity index (χ2v) is 6.25. The lowest BCUT2D eigenvalue weighted by molar-refractivity contribution is -0.113. The lowest BCUT2D eigenvalue weighted by atomic mass is 10.2. The maximum atomic E-state index is 13.1. The number of hydrogen-bond acceptors (Lipinski definition) is 5. The van der Waals surface area contributed by atoms with Gasteiger partial charge in [0.1, 0.15) is 11.3 Å². The molecule has 1 amide bonds. The second-order valence-electron chi connectivity index (χ2n) is 5.31. The summed E-state index contributed by atoms with van der Waals surface area (Å²) in [6.07, 6.45) is 0. The Morgan fingerprint density at radius 2 is 2.04 bits per heavy atom. The van der Waals surface area contributed by atoms with E-state index in [1.165, 1.54) is 30.0 Å². The van der Waals surface area contributed by atoms with E-state index in [0.717, 1.165) is 10.9 Å². The van der Waals surface area contributed by atoms with Crippen molar-refractivity contribution in [1.82, 2.24) is 20.2 Å². The van der Waals surface area contributed by atoms with Gasteiger partial charge in [0, 0.05) is 16.6 Å². The van der Waals surface area contributed by atoms with Crippen LogP contribution in [-0.2, 0) is 4.79 Å². The molecule has 0 aliphatic carbocycles. The highest BCUT2D eigenvalue weighted by Crippen LogP contribution is 2.23. The van der Waals surface area contributed by atoms with Crippen molar-refractivity contribution in [3.63, 3.8) is 0 Å². The third-order valence-electron chi connectivity index (χ3n) is 3.54. The summed E-state index contributed by atoms with van der Waals surface area (Å²) in [6.45, 7) is 0. The zero-order valence-electron chi connectivity index (χ0n) is 12.9. The molecule has 0 aliphatic heterocycles. The molecule has 0 saturated carbocycles. The topological polar surface area (TPSA) is 83.6 Å². The summed E-state index contributed by atoms with van der Waals surface area (Å²) in [5.74, 6) is -0.567. The number of nitrogens with zero attached hydrogens (tertiary/aromatic N) is 3. The molecule has 2 heterocycles. The summed E-state index contributed by atoms with van der Waals surface area (Å²) in [4.78, 5) is 19.5. The number of nitrogens with one attached hydrogen (secondary N) is 2. The lowest BCUT2D eigenvalue weighted by Crippen LogP contribution is -2.14. The van der Waals surface area contributed by atoms with Gasteiger partial charge in [0.2, 0.25) is 11.1 Å². The molecule has 0 unspecified atom stereocenters. The van der Waals surface area contributed by atoms with E-state index in [-0.39, 0.29) is 11.7 Å². The number of aromatic amines is 1. The Morgan fingerprint density at radius 1 is 1.16 bits per heavy atom. The quantitative estimate of drug-likeness (QED) is 0.550. The molecular weight excluding hydrogens is 341 g/mol. The zero-order chi connectivity index (χ0) is 17.2. The summed E-state index contributed by atoms with van der Waals surface area (Å²) in [7, 11) is 0. The molecule has 0 aliphatic rings. The predicted molar refractivity (Wildman–Crippen MR) is 94.9 cm³/mol. The van der Waals surface area contributed by atoms with Crippen molar-refractivity contribution in [3.8, 4) is 0 Å². The van der Waals surface area contributed by atoms with E-state index in [0.29, 0.717) is 22.0 Å². The fraction of sp³-hybridized carbons (Fsp3) is 0.0588. The Balaban J connectivity index is 1.47. The molecule has 2 aromatic heterocycles. The summed E-state index contributed by atoms with van der Waals surface area (Å²) >= 11 is 1.17. The maximum Gasteiger partial charge on any atom is 0.234 e. The molecule has 4 aromatic rings. The van der Waals surface area contributed by atoms with E-state index < -0.39 is 5.82 Å². The van der Waals surface area contributed by atoms with Gasteiger partial charge in [0.15, 0.2) is 5.65 Å². The van der Waals surface area contributed by atoms with Gasteiger partial charge in [-0.1, -0.05) is 36.0 Å². The van der Waals surface area contributed by atoms with Gasteiger partial charge in [0.25, 0.3) is 0 Å². The minimum absolute atomic E-state index is 0.101. The number of anilines is 1. The van der Waals surface area contributed by atoms with Crippen molar-refractivity contribution in [2.75, 3.05) is 11.1 Å². The third-order valence-corrected chi connectivity index (χ3v) is 4.38. The molecule has 0 radical (unpaired) electrons. The first-order chi connectivity index (χ1) is 12.2. The van der Waals surface area contributed by atoms with Gasteiger partial charge >= 0.3 is 0 Å². The van der Waals surface area contributed by atoms with Gasteiger partial charge in [-0.15, -0.1) is 10.2 Å². The molecule has 25 heavy (non-hydrogen) atoms. The van der Waals surface area contributed by atoms with Crippen molar-refractivity contribution >= 4 is 45.4 Å². The molecule has 0 bridgehead atoms. The molecule has 0 spiro atoms. The second kappa shape index (κ2) is 6.48. The highest BCUT2D eigenvalue weighted by Gasteiger charge is 2.11. The first-order valence-corrected chi connectivity index (χ1v) is 8.47. The number of amides is 1. The van der Waals surface area contributed by atoms with Crippen LogP contribution in [0.4, 0.5) is 10.1 Å². The number of hydrogen-bond donors (Lipinski definition) is 2. The van der Waals surface area contributed by atoms with Gasteiger partial charge in [-0.05, 0) is 24.3 Å². The Hall–Kier alpha value is -3.00. The van der Waals surface area contributed by atoms with Crippen LogP contribution in [0.25, 0.3) is 22.1 Å². The Labute approximate surface area is 145 Å². The largest absolute Gasteiger partial charge is 0.338 e. The van der Waals surface area contributed by atoms with Crippen LogP contribution in [0.15, 0.2) is 53.7 Å². The minimum atomic E-state index is -0.401. The molecule has 8 heteroatoms. The number of benzene rings is 2. The smallest absolute Gasteiger partial charge is 0.234 e. The number of fused-ring (bicyclic) bond motifs is 3. The van der Waals surface area contributed by atoms with Crippen molar-refractivity contribution < 1.29 is 9.18 Å². The predicted octanol–water partition coefficient (Wildman–Crippen LogP) is 3.38. The number of rotatable bonds is 4. The number of carbonyl (C=O) groups excluding carboxylic acids is 1. The van der Waals surface area contributed by atoms with Gasteiger partial charge < -0.3 is 10.3 Å². The van der Waals surface area contributed by atoms with Crippen LogP contribution < -0.4 is 5.32 Å². The van der Waals surface area contributed by atoms with E-state index in [1.807, 2.05) is 24.3 Å². The van der Waals surface area contributed by atoms with Crippen molar-refractivity contribution in [2.24, 2.45) is 0 Å². The fourth-order valence-corrected chi connectivity index (χ4v) is 3.05. The van der Waals surface area contributed by atoms with Gasteiger partial charge in [-0.2, -0.15) is 0 Å². The van der Waals surface area contributed by atoms with Crippen LogP contribution in [0.3, 0.4) is 0 Å². The van der Waals surface area contributed by atoms with Crippen LogP contribution in [0, 0.1) is 5.82 Å². The number of halogens is 1. The Bertz CT molecular complexity index is 1080. The number of aromatic nitrogens is 4. The van der Waals surface area contributed by atoms with Crippen molar-refractivity contribution in [2.45, 2.75) is 5.16 Å². The molecule has 6 nitrogen and oxygen atoms in total. The van der Waals surface area contributed by atoms with Crippen LogP contribution in [-0.4, -0.2) is 31.8 Å². The molecular formula is C17H12FN5OS. The highest BCUT2D eigenvalue weighted by molar-refractivity contribution is 7.99. The third kappa shape index (κ3) is 3.29. The average molecular weight is 353 g/mol. The number of H-pyrrole nitrogens is 1. The Morgan fingerprint density at radius 3 is 2.92 bits per heavy atom. The van der Waals surface area contributed by atoms with Crippen LogP contribution >= 0.6 is 11.8 Å². The Kier molecular flexibility index (Phi) is 4.02. The molecule has 2 aromatic carbocycles. The fourth-order valence-electron chi connectivity index (χ4n) is 2.46. The SMILES string of the molecule is O=C(CSc1nnc2c(n1)[nH]c1ccccc12)Nc1cccc(F)c1. The standard InChI is InChI=1S/C17H12FN5OS/c18-10-4-3-5-11(8-10)19-14(24)9-25-17-21-16-15(22-23-17)12-6-1-2-7-13(12)20-16/h1-8H,9H2,(H,19,24)(H,20,21,23). The first kappa shape index (κ1) is 15.5. The number of thioether (sulfide) groups is 1. The molecule has 0 fully saturated rings. The lowest BCUT2D eigenvalue weighted by Gasteiger charge is -2.04. The minimum Gasteiger partial charge on any atom is -0.338 e. The van der Waals surface area contributed by atoms with E-state index >= 15 is 0 Å². The van der Waals surface area contributed by atoms with Crippen LogP contribution in [0.1, 0.15) is 0 Å². The van der Waals surface area contributed by atoms with E-state index in [4.69, 9.17) is 0 Å². The van der Waals surface area contributed by atoms with E-state index in [1.54, 1.807) is 6.07 Å². The molecule has 4 rings (SSSR count). The first-order valence-electron chi connectivity index (χ1n) is 7.48. The van der Waals surface area contributed by atoms with Gasteiger partial charge in [-0.25, -0.2) is 9.37 Å². The molecule has 124 valence electrons. The summed E-state index contributed by atoms with van der Waals surface area (Å²) in [6, 6.07) is 13.5. The highest BCUT2D eigenvalue weighted by atomic mass is 32.2. The van der Waals surface area contributed by atoms with Gasteiger partial charge in [-0.3, -0.25) is 4.79 Å². The average Bonchev–Trinajstić information content (AvgIpc) is 2.98. The summed E-state index contributed by atoms with van der Waals surface area (Å²) < 4.78 is 13.1. The van der Waals surface area contributed by atoms with Gasteiger partial charge in [0.05, 0.1) is 5.75 Å². The zero-order valence-corrected chi connectivity index (χ0v) is 13.7.